The summed E-state index contributed by atoms with van der Waals surface area (Å²) < 4.78 is 0. The maximum Gasteiger partial charge on any atom is -0.0105 e. The third kappa shape index (κ3) is 5.31. The Hall–Kier alpha value is -5.46. The van der Waals surface area contributed by atoms with Crippen molar-refractivity contribution in [1.82, 2.24) is 0 Å². The molecule has 0 N–H and O–H groups in total. The zero-order valence-electron chi connectivity index (χ0n) is 23.3. The van der Waals surface area contributed by atoms with Crippen LogP contribution in [0.1, 0.15) is 0 Å². The van der Waals surface area contributed by atoms with Crippen LogP contribution in [0.5, 0.6) is 0 Å². The molecule has 0 bridgehead atoms. The molecular weight excluding hydrogens is 504 g/mol. The fourth-order valence-electron chi connectivity index (χ4n) is 5.74. The molecule has 0 unspecified atom stereocenters. The molecule has 7 rings (SSSR count). The first kappa shape index (κ1) is 25.5. The lowest BCUT2D eigenvalue weighted by Crippen LogP contribution is -1.90. The Morgan fingerprint density at radius 1 is 0.167 bits per heavy atom. The SMILES string of the molecule is c1ccc(-c2cc(-c3ccccc3)cc(-c3ccccc3-c3cc(-c4ccccc4)cc(-c4ccccc4)c3)c2)cc1. The van der Waals surface area contributed by atoms with E-state index in [0.29, 0.717) is 0 Å². The van der Waals surface area contributed by atoms with Crippen LogP contribution in [0.15, 0.2) is 182 Å². The molecular formula is C42H30. The van der Waals surface area contributed by atoms with E-state index < -0.39 is 0 Å². The van der Waals surface area contributed by atoms with E-state index in [9.17, 15) is 0 Å². The molecule has 0 aliphatic rings. The summed E-state index contributed by atoms with van der Waals surface area (Å²) >= 11 is 0. The first-order valence-corrected chi connectivity index (χ1v) is 14.4. The van der Waals surface area contributed by atoms with Gasteiger partial charge in [-0.25, -0.2) is 0 Å². The maximum absolute atomic E-state index is 2.33. The summed E-state index contributed by atoms with van der Waals surface area (Å²) in [5.41, 5.74) is 14.6. The van der Waals surface area contributed by atoms with E-state index in [4.69, 9.17) is 0 Å². The Morgan fingerprint density at radius 3 is 0.643 bits per heavy atom. The van der Waals surface area contributed by atoms with Gasteiger partial charge >= 0.3 is 0 Å². The molecule has 0 saturated heterocycles. The Balaban J connectivity index is 1.44. The predicted molar refractivity (Wildman–Crippen MR) is 179 cm³/mol. The van der Waals surface area contributed by atoms with E-state index >= 15 is 0 Å². The molecule has 7 aromatic carbocycles. The van der Waals surface area contributed by atoms with Crippen LogP contribution in [0.2, 0.25) is 0 Å². The average Bonchev–Trinajstić information content (AvgIpc) is 3.09. The quantitative estimate of drug-likeness (QED) is 0.199. The van der Waals surface area contributed by atoms with Crippen LogP contribution in [-0.2, 0) is 0 Å². The number of hydrogen-bond donors (Lipinski definition) is 0. The minimum Gasteiger partial charge on any atom is -0.0622 e. The van der Waals surface area contributed by atoms with Gasteiger partial charge in [0, 0.05) is 0 Å². The molecule has 198 valence electrons. The first-order valence-electron chi connectivity index (χ1n) is 14.4. The van der Waals surface area contributed by atoms with Gasteiger partial charge < -0.3 is 0 Å². The highest BCUT2D eigenvalue weighted by Crippen LogP contribution is 2.40. The largest absolute Gasteiger partial charge is 0.0622 e. The van der Waals surface area contributed by atoms with Gasteiger partial charge in [0.15, 0.2) is 0 Å². The number of hydrogen-bond acceptors (Lipinski definition) is 0. The molecule has 0 fully saturated rings. The van der Waals surface area contributed by atoms with Crippen LogP contribution in [0, 0.1) is 0 Å². The van der Waals surface area contributed by atoms with Crippen LogP contribution in [0.25, 0.3) is 66.8 Å². The summed E-state index contributed by atoms with van der Waals surface area (Å²) in [4.78, 5) is 0. The van der Waals surface area contributed by atoms with Gasteiger partial charge in [0.1, 0.15) is 0 Å². The van der Waals surface area contributed by atoms with Gasteiger partial charge in [-0.05, 0) is 103 Å². The minimum absolute atomic E-state index is 1.21. The summed E-state index contributed by atoms with van der Waals surface area (Å²) in [6.07, 6.45) is 0. The maximum atomic E-state index is 2.33. The molecule has 0 heteroatoms. The van der Waals surface area contributed by atoms with Crippen molar-refractivity contribution in [1.29, 1.82) is 0 Å². The summed E-state index contributed by atoms with van der Waals surface area (Å²) in [5.74, 6) is 0. The van der Waals surface area contributed by atoms with Crippen LogP contribution in [0.4, 0.5) is 0 Å². The second-order valence-corrected chi connectivity index (χ2v) is 10.6. The number of rotatable bonds is 6. The van der Waals surface area contributed by atoms with E-state index in [1.807, 2.05) is 0 Å². The lowest BCUT2D eigenvalue weighted by molar-refractivity contribution is 1.54. The Labute approximate surface area is 248 Å². The first-order chi connectivity index (χ1) is 20.8. The highest BCUT2D eigenvalue weighted by molar-refractivity contribution is 5.91. The zero-order chi connectivity index (χ0) is 28.1. The van der Waals surface area contributed by atoms with Gasteiger partial charge in [-0.15, -0.1) is 0 Å². The van der Waals surface area contributed by atoms with Crippen molar-refractivity contribution in [2.24, 2.45) is 0 Å². The van der Waals surface area contributed by atoms with Crippen LogP contribution >= 0.6 is 0 Å². The van der Waals surface area contributed by atoms with Crippen molar-refractivity contribution >= 4 is 0 Å². The molecule has 42 heavy (non-hydrogen) atoms. The van der Waals surface area contributed by atoms with Crippen molar-refractivity contribution in [3.63, 3.8) is 0 Å². The van der Waals surface area contributed by atoms with Gasteiger partial charge in [0.2, 0.25) is 0 Å². The lowest BCUT2D eigenvalue weighted by atomic mass is 9.87. The third-order valence-electron chi connectivity index (χ3n) is 7.84. The fraction of sp³-hybridized carbons (Fsp3) is 0. The molecule has 0 aliphatic carbocycles. The van der Waals surface area contributed by atoms with Crippen molar-refractivity contribution in [2.75, 3.05) is 0 Å². The van der Waals surface area contributed by atoms with Gasteiger partial charge in [0.25, 0.3) is 0 Å². The molecule has 0 saturated carbocycles. The molecule has 0 nitrogen and oxygen atoms in total. The molecule has 0 atom stereocenters. The number of benzene rings is 7. The molecule has 0 aromatic heterocycles. The topological polar surface area (TPSA) is 0 Å². The second-order valence-electron chi connectivity index (χ2n) is 10.6. The monoisotopic (exact) mass is 534 g/mol. The normalized spacial score (nSPS) is 10.9. The Bertz CT molecular complexity index is 1680. The third-order valence-corrected chi connectivity index (χ3v) is 7.84. The molecule has 0 radical (unpaired) electrons. The molecule has 0 heterocycles. The highest BCUT2D eigenvalue weighted by atomic mass is 14.2. The fourth-order valence-corrected chi connectivity index (χ4v) is 5.74. The van der Waals surface area contributed by atoms with Crippen LogP contribution in [0.3, 0.4) is 0 Å². The summed E-state index contributed by atoms with van der Waals surface area (Å²) in [6.45, 7) is 0. The van der Waals surface area contributed by atoms with Gasteiger partial charge in [-0.2, -0.15) is 0 Å². The predicted octanol–water partition coefficient (Wildman–Crippen LogP) is 11.7. The van der Waals surface area contributed by atoms with E-state index in [0.717, 1.165) is 0 Å². The minimum atomic E-state index is 1.21. The molecule has 7 aromatic rings. The van der Waals surface area contributed by atoms with Gasteiger partial charge in [-0.1, -0.05) is 146 Å². The van der Waals surface area contributed by atoms with E-state index in [1.165, 1.54) is 66.8 Å². The Morgan fingerprint density at radius 2 is 0.381 bits per heavy atom. The van der Waals surface area contributed by atoms with E-state index in [-0.39, 0.29) is 0 Å². The van der Waals surface area contributed by atoms with Crippen molar-refractivity contribution in [3.8, 4) is 66.8 Å². The van der Waals surface area contributed by atoms with Gasteiger partial charge in [0.05, 0.1) is 0 Å². The lowest BCUT2D eigenvalue weighted by Gasteiger charge is -2.16. The van der Waals surface area contributed by atoms with Crippen molar-refractivity contribution in [3.05, 3.63) is 182 Å². The average molecular weight is 535 g/mol. The highest BCUT2D eigenvalue weighted by Gasteiger charge is 2.14. The van der Waals surface area contributed by atoms with Gasteiger partial charge in [-0.3, -0.25) is 0 Å². The second kappa shape index (κ2) is 11.6. The van der Waals surface area contributed by atoms with Crippen molar-refractivity contribution < 1.29 is 0 Å². The van der Waals surface area contributed by atoms with E-state index in [2.05, 4.69) is 182 Å². The van der Waals surface area contributed by atoms with Crippen LogP contribution in [-0.4, -0.2) is 0 Å². The molecule has 0 aliphatic heterocycles. The zero-order valence-corrected chi connectivity index (χ0v) is 23.3. The summed E-state index contributed by atoms with van der Waals surface area (Å²) in [5, 5.41) is 0. The molecule has 0 spiro atoms. The van der Waals surface area contributed by atoms with E-state index in [1.54, 1.807) is 0 Å². The molecule has 0 amide bonds. The summed E-state index contributed by atoms with van der Waals surface area (Å²) in [6, 6.07) is 65.4. The van der Waals surface area contributed by atoms with Crippen LogP contribution < -0.4 is 0 Å². The standard InChI is InChI=1S/C42H30/c1-5-15-31(16-6-1)35-25-36(32-17-7-2-8-18-32)28-39(27-35)41-23-13-14-24-42(41)40-29-37(33-19-9-3-10-20-33)26-38(30-40)34-21-11-4-12-22-34/h1-30H. The van der Waals surface area contributed by atoms with Crippen molar-refractivity contribution in [2.45, 2.75) is 0 Å². The smallest absolute Gasteiger partial charge is 0.0105 e. The Kier molecular flexibility index (Phi) is 7.02. The summed E-state index contributed by atoms with van der Waals surface area (Å²) in [7, 11) is 0.